The number of nitrogens with zero attached hydrogens (tertiary/aromatic N) is 6. The lowest BCUT2D eigenvalue weighted by Gasteiger charge is -2.11. The van der Waals surface area contributed by atoms with Crippen LogP contribution in [0.1, 0.15) is 37.4 Å². The van der Waals surface area contributed by atoms with Crippen LogP contribution in [0.3, 0.4) is 0 Å². The maximum absolute atomic E-state index is 15.4. The molecule has 0 radical (unpaired) electrons. The fraction of sp³-hybridized carbons (Fsp3) is 0.259. The van der Waals surface area contributed by atoms with Gasteiger partial charge < -0.3 is 19.8 Å². The van der Waals surface area contributed by atoms with Crippen molar-refractivity contribution in [2.45, 2.75) is 38.3 Å². The van der Waals surface area contributed by atoms with Crippen LogP contribution >= 0.6 is 0 Å². The Morgan fingerprint density at radius 2 is 1.84 bits per heavy atom. The number of nitrogens with two attached hydrogens (primary N) is 1. The summed E-state index contributed by atoms with van der Waals surface area (Å²) in [6, 6.07) is 8.59. The number of nitrogen functional groups attached to an aromatic ring is 1. The van der Waals surface area contributed by atoms with Crippen molar-refractivity contribution >= 4 is 16.9 Å². The van der Waals surface area contributed by atoms with E-state index in [1.165, 1.54) is 24.5 Å². The van der Waals surface area contributed by atoms with Gasteiger partial charge in [0.15, 0.2) is 5.65 Å². The van der Waals surface area contributed by atoms with E-state index < -0.39 is 11.6 Å². The average molecular weight is 518 g/mol. The summed E-state index contributed by atoms with van der Waals surface area (Å²) >= 11 is 0. The van der Waals surface area contributed by atoms with Gasteiger partial charge in [-0.1, -0.05) is 12.8 Å². The Balaban J connectivity index is 1.28. The minimum Gasteiger partial charge on any atom is -0.487 e. The van der Waals surface area contributed by atoms with Crippen LogP contribution in [-0.2, 0) is 13.7 Å². The fourth-order valence-corrected chi connectivity index (χ4v) is 4.84. The molecule has 0 atom stereocenters. The first-order valence-electron chi connectivity index (χ1n) is 12.3. The Kier molecular flexibility index (Phi) is 6.10. The molecule has 1 saturated carbocycles. The standard InChI is InChI=1S/C27H25F2N7O2/c1-35-15-31-12-18(35)13-37-20-8-16(28)9-21(10-20)38-19-6-7-22(23(29)11-19)25-24-26(30)32-14-33-27(24)36(34-25)17-4-2-3-5-17/h6-12,14-15,17H,2-5,13H2,1H3,(H2,30,32,33). The highest BCUT2D eigenvalue weighted by atomic mass is 19.1. The first-order valence-corrected chi connectivity index (χ1v) is 12.3. The van der Waals surface area contributed by atoms with Crippen LogP contribution < -0.4 is 15.2 Å². The molecule has 1 fully saturated rings. The van der Waals surface area contributed by atoms with Crippen molar-refractivity contribution < 1.29 is 18.3 Å². The second-order valence-electron chi connectivity index (χ2n) is 9.34. The topological polar surface area (TPSA) is 106 Å². The van der Waals surface area contributed by atoms with Crippen molar-refractivity contribution in [2.75, 3.05) is 5.73 Å². The van der Waals surface area contributed by atoms with Crippen LogP contribution in [0, 0.1) is 11.6 Å². The number of imidazole rings is 1. The lowest BCUT2D eigenvalue weighted by molar-refractivity contribution is 0.294. The number of rotatable bonds is 7. The van der Waals surface area contributed by atoms with Crippen LogP contribution in [0.2, 0.25) is 0 Å². The number of halogens is 2. The maximum Gasteiger partial charge on any atom is 0.164 e. The largest absolute Gasteiger partial charge is 0.487 e. The van der Waals surface area contributed by atoms with E-state index in [1.807, 2.05) is 11.7 Å². The smallest absolute Gasteiger partial charge is 0.164 e. The summed E-state index contributed by atoms with van der Waals surface area (Å²) < 4.78 is 44.8. The number of fused-ring (bicyclic) bond motifs is 1. The van der Waals surface area contributed by atoms with Gasteiger partial charge in [0.25, 0.3) is 0 Å². The molecule has 38 heavy (non-hydrogen) atoms. The highest BCUT2D eigenvalue weighted by molar-refractivity contribution is 5.98. The number of aromatic nitrogens is 6. The average Bonchev–Trinajstić information content (AvgIpc) is 3.63. The first-order chi connectivity index (χ1) is 18.5. The van der Waals surface area contributed by atoms with Crippen LogP contribution in [0.25, 0.3) is 22.3 Å². The van der Waals surface area contributed by atoms with E-state index in [0.29, 0.717) is 16.7 Å². The molecule has 0 bridgehead atoms. The number of anilines is 1. The van der Waals surface area contributed by atoms with Gasteiger partial charge in [0.1, 0.15) is 53.3 Å². The summed E-state index contributed by atoms with van der Waals surface area (Å²) in [5.74, 6) is -0.221. The lowest BCUT2D eigenvalue weighted by atomic mass is 10.1. The molecular formula is C27H25F2N7O2. The van der Waals surface area contributed by atoms with Crippen LogP contribution in [-0.4, -0.2) is 29.3 Å². The molecule has 1 aliphatic rings. The zero-order valence-electron chi connectivity index (χ0n) is 20.6. The van der Waals surface area contributed by atoms with Gasteiger partial charge in [-0.25, -0.2) is 28.4 Å². The van der Waals surface area contributed by atoms with Crippen molar-refractivity contribution in [3.8, 4) is 28.5 Å². The molecule has 6 rings (SSSR count). The molecule has 0 spiro atoms. The maximum atomic E-state index is 15.4. The third-order valence-electron chi connectivity index (χ3n) is 6.77. The molecule has 11 heteroatoms. The second-order valence-corrected chi connectivity index (χ2v) is 9.34. The van der Waals surface area contributed by atoms with Crippen molar-refractivity contribution in [2.24, 2.45) is 7.05 Å². The van der Waals surface area contributed by atoms with Crippen LogP contribution in [0.5, 0.6) is 17.2 Å². The fourth-order valence-electron chi connectivity index (χ4n) is 4.84. The van der Waals surface area contributed by atoms with Crippen molar-refractivity contribution in [3.63, 3.8) is 0 Å². The summed E-state index contributed by atoms with van der Waals surface area (Å²) in [5.41, 5.74) is 8.22. The van der Waals surface area contributed by atoms with E-state index in [4.69, 9.17) is 20.3 Å². The summed E-state index contributed by atoms with van der Waals surface area (Å²) in [7, 11) is 1.84. The normalized spacial score (nSPS) is 13.9. The molecule has 0 aliphatic heterocycles. The van der Waals surface area contributed by atoms with E-state index in [9.17, 15) is 4.39 Å². The van der Waals surface area contributed by atoms with Gasteiger partial charge in [0, 0.05) is 36.9 Å². The van der Waals surface area contributed by atoms with Crippen molar-refractivity contribution in [1.29, 1.82) is 0 Å². The number of ether oxygens (including phenoxy) is 2. The molecular weight excluding hydrogens is 492 g/mol. The number of hydrogen-bond donors (Lipinski definition) is 1. The summed E-state index contributed by atoms with van der Waals surface area (Å²) in [4.78, 5) is 12.5. The Bertz CT molecular complexity index is 1630. The summed E-state index contributed by atoms with van der Waals surface area (Å²) in [6.45, 7) is 0.205. The van der Waals surface area contributed by atoms with Crippen molar-refractivity contribution in [1.82, 2.24) is 29.3 Å². The third kappa shape index (κ3) is 4.51. The predicted molar refractivity (Wildman–Crippen MR) is 137 cm³/mol. The van der Waals surface area contributed by atoms with Gasteiger partial charge in [0.05, 0.1) is 29.6 Å². The molecule has 1 aliphatic carbocycles. The molecule has 0 amide bonds. The molecule has 0 saturated heterocycles. The minimum absolute atomic E-state index is 0.172. The van der Waals surface area contributed by atoms with E-state index >= 15 is 4.39 Å². The van der Waals surface area contributed by atoms with Gasteiger partial charge in [-0.2, -0.15) is 5.10 Å². The minimum atomic E-state index is -0.562. The highest BCUT2D eigenvalue weighted by Gasteiger charge is 2.25. The summed E-state index contributed by atoms with van der Waals surface area (Å²) in [5, 5.41) is 5.25. The zero-order chi connectivity index (χ0) is 26.2. The molecule has 5 aromatic rings. The Morgan fingerprint density at radius 1 is 1.03 bits per heavy atom. The van der Waals surface area contributed by atoms with Gasteiger partial charge in [-0.3, -0.25) is 0 Å². The number of aryl methyl sites for hydroxylation is 1. The van der Waals surface area contributed by atoms with E-state index in [1.54, 1.807) is 35.3 Å². The monoisotopic (exact) mass is 517 g/mol. The molecule has 2 aromatic carbocycles. The number of benzene rings is 2. The molecule has 3 aromatic heterocycles. The second kappa shape index (κ2) is 9.73. The molecule has 3 heterocycles. The van der Waals surface area contributed by atoms with Crippen molar-refractivity contribution in [3.05, 3.63) is 72.6 Å². The third-order valence-corrected chi connectivity index (χ3v) is 6.77. The van der Waals surface area contributed by atoms with E-state index in [0.717, 1.165) is 31.4 Å². The van der Waals surface area contributed by atoms with E-state index in [-0.39, 0.29) is 41.3 Å². The SMILES string of the molecule is Cn1cncc1COc1cc(F)cc(Oc2ccc(-c3nn(C4CCCC4)c4ncnc(N)c34)c(F)c2)c1. The molecule has 9 nitrogen and oxygen atoms in total. The van der Waals surface area contributed by atoms with Gasteiger partial charge >= 0.3 is 0 Å². The molecule has 194 valence electrons. The quantitative estimate of drug-likeness (QED) is 0.301. The van der Waals surface area contributed by atoms with E-state index in [2.05, 4.69) is 15.0 Å². The van der Waals surface area contributed by atoms with Gasteiger partial charge in [-0.15, -0.1) is 0 Å². The predicted octanol–water partition coefficient (Wildman–Crippen LogP) is 5.57. The molecule has 2 N–H and O–H groups in total. The van der Waals surface area contributed by atoms with Gasteiger partial charge in [0.2, 0.25) is 0 Å². The Labute approximate surface area is 216 Å². The zero-order valence-corrected chi connectivity index (χ0v) is 20.6. The Morgan fingerprint density at radius 3 is 2.61 bits per heavy atom. The Hall–Kier alpha value is -4.54. The highest BCUT2D eigenvalue weighted by Crippen LogP contribution is 2.38. The first kappa shape index (κ1) is 23.8. The lowest BCUT2D eigenvalue weighted by Crippen LogP contribution is -2.07. The van der Waals surface area contributed by atoms with Crippen LogP contribution in [0.4, 0.5) is 14.6 Å². The van der Waals surface area contributed by atoms with Gasteiger partial charge in [-0.05, 0) is 25.0 Å². The molecule has 0 unspecified atom stereocenters. The number of hydrogen-bond acceptors (Lipinski definition) is 7. The summed E-state index contributed by atoms with van der Waals surface area (Å²) in [6.07, 6.45) is 8.90. The van der Waals surface area contributed by atoms with Crippen LogP contribution in [0.15, 0.2) is 55.2 Å².